The molecule has 4 unspecified atom stereocenters. The van der Waals surface area contributed by atoms with E-state index in [0.29, 0.717) is 5.92 Å². The van der Waals surface area contributed by atoms with Gasteiger partial charge >= 0.3 is 0 Å². The fraction of sp³-hybridized carbons (Fsp3) is 0.733. The third-order valence-electron chi connectivity index (χ3n) is 4.80. The van der Waals surface area contributed by atoms with Crippen molar-refractivity contribution in [2.24, 2.45) is 23.7 Å². The lowest BCUT2D eigenvalue weighted by molar-refractivity contribution is 0.165. The third kappa shape index (κ3) is 2.22. The minimum Gasteiger partial charge on any atom is -0.0993 e. The van der Waals surface area contributed by atoms with Crippen LogP contribution in [0.15, 0.2) is 23.8 Å². The van der Waals surface area contributed by atoms with E-state index < -0.39 is 0 Å². The van der Waals surface area contributed by atoms with Gasteiger partial charge in [-0.15, -0.1) is 0 Å². The highest BCUT2D eigenvalue weighted by Crippen LogP contribution is 2.49. The van der Waals surface area contributed by atoms with E-state index >= 15 is 0 Å². The van der Waals surface area contributed by atoms with Crippen molar-refractivity contribution in [3.63, 3.8) is 0 Å². The van der Waals surface area contributed by atoms with E-state index in [2.05, 4.69) is 20.1 Å². The van der Waals surface area contributed by atoms with Crippen LogP contribution in [0.3, 0.4) is 0 Å². The van der Waals surface area contributed by atoms with E-state index in [4.69, 9.17) is 11.6 Å². The Morgan fingerprint density at radius 2 is 2.06 bits per heavy atom. The molecule has 2 aliphatic carbocycles. The zero-order valence-electron chi connectivity index (χ0n) is 10.3. The van der Waals surface area contributed by atoms with Gasteiger partial charge in [0.25, 0.3) is 0 Å². The van der Waals surface area contributed by atoms with Crippen LogP contribution in [0.4, 0.5) is 0 Å². The molecule has 4 atom stereocenters. The molecular formula is C15H23Cl. The third-order valence-corrected chi connectivity index (χ3v) is 5.11. The first-order valence-electron chi connectivity index (χ1n) is 6.66. The fourth-order valence-corrected chi connectivity index (χ4v) is 3.92. The molecule has 0 aromatic rings. The van der Waals surface area contributed by atoms with Crippen molar-refractivity contribution in [3.05, 3.63) is 23.8 Å². The van der Waals surface area contributed by atoms with Gasteiger partial charge in [0.2, 0.25) is 0 Å². The second-order valence-corrected chi connectivity index (χ2v) is 6.07. The summed E-state index contributed by atoms with van der Waals surface area (Å²) in [4.78, 5) is 0. The molecule has 16 heavy (non-hydrogen) atoms. The Kier molecular flexibility index (Phi) is 3.79. The van der Waals surface area contributed by atoms with Crippen LogP contribution in [0.5, 0.6) is 0 Å². The van der Waals surface area contributed by atoms with E-state index in [-0.39, 0.29) is 0 Å². The maximum Gasteiger partial charge on any atom is 0.0140 e. The molecule has 0 spiro atoms. The van der Waals surface area contributed by atoms with Crippen LogP contribution in [0, 0.1) is 23.7 Å². The molecule has 0 bridgehead atoms. The monoisotopic (exact) mass is 238 g/mol. The molecule has 0 aromatic heterocycles. The number of hydrogen-bond acceptors (Lipinski definition) is 0. The number of allylic oxidation sites excluding steroid dienone is 2. The van der Waals surface area contributed by atoms with E-state index in [1.807, 2.05) is 0 Å². The number of fused-ring (bicyclic) bond motifs is 1. The van der Waals surface area contributed by atoms with Crippen LogP contribution in [-0.2, 0) is 0 Å². The highest BCUT2D eigenvalue weighted by atomic mass is 35.5. The average Bonchev–Trinajstić information content (AvgIpc) is 2.29. The molecule has 2 aliphatic rings. The van der Waals surface area contributed by atoms with Gasteiger partial charge in [0.15, 0.2) is 0 Å². The van der Waals surface area contributed by atoms with Gasteiger partial charge in [-0.1, -0.05) is 37.3 Å². The van der Waals surface area contributed by atoms with Crippen LogP contribution in [0.1, 0.15) is 45.4 Å². The summed E-state index contributed by atoms with van der Waals surface area (Å²) in [7, 11) is 0. The predicted octanol–water partition coefficient (Wildman–Crippen LogP) is 5.15. The molecule has 90 valence electrons. The lowest BCUT2D eigenvalue weighted by atomic mass is 9.62. The molecule has 2 saturated carbocycles. The Bertz CT molecular complexity index is 292. The van der Waals surface area contributed by atoms with Gasteiger partial charge in [-0.2, -0.15) is 0 Å². The summed E-state index contributed by atoms with van der Waals surface area (Å²) >= 11 is 6.06. The molecule has 0 nitrogen and oxygen atoms in total. The van der Waals surface area contributed by atoms with Crippen molar-refractivity contribution in [2.45, 2.75) is 45.4 Å². The minimum atomic E-state index is 0.564. The van der Waals surface area contributed by atoms with E-state index in [1.54, 1.807) is 0 Å². The summed E-state index contributed by atoms with van der Waals surface area (Å²) in [6.45, 7) is 10.6. The van der Waals surface area contributed by atoms with Crippen molar-refractivity contribution in [1.82, 2.24) is 0 Å². The van der Waals surface area contributed by atoms with E-state index in [9.17, 15) is 0 Å². The van der Waals surface area contributed by atoms with Crippen LogP contribution in [-0.4, -0.2) is 0 Å². The first kappa shape index (κ1) is 12.2. The molecule has 0 saturated heterocycles. The van der Waals surface area contributed by atoms with Crippen LogP contribution in [0.25, 0.3) is 0 Å². The zero-order valence-corrected chi connectivity index (χ0v) is 11.1. The normalized spacial score (nSPS) is 39.2. The van der Waals surface area contributed by atoms with Crippen molar-refractivity contribution in [1.29, 1.82) is 0 Å². The van der Waals surface area contributed by atoms with Crippen molar-refractivity contribution in [3.8, 4) is 0 Å². The van der Waals surface area contributed by atoms with Gasteiger partial charge in [-0.05, 0) is 62.2 Å². The Morgan fingerprint density at radius 3 is 2.69 bits per heavy atom. The topological polar surface area (TPSA) is 0 Å². The average molecular weight is 239 g/mol. The minimum absolute atomic E-state index is 0.564. The van der Waals surface area contributed by atoms with Gasteiger partial charge in [0, 0.05) is 5.03 Å². The maximum atomic E-state index is 6.06. The number of hydrogen-bond donors (Lipinski definition) is 0. The van der Waals surface area contributed by atoms with Crippen LogP contribution >= 0.6 is 11.6 Å². The Hall–Kier alpha value is -0.230. The lowest BCUT2D eigenvalue weighted by Crippen LogP contribution is -2.32. The van der Waals surface area contributed by atoms with Crippen LogP contribution in [0.2, 0.25) is 0 Å². The molecule has 2 rings (SSSR count). The van der Waals surface area contributed by atoms with Gasteiger partial charge in [-0.3, -0.25) is 0 Å². The largest absolute Gasteiger partial charge is 0.0993 e. The SMILES string of the molecule is C=C(Cl)C1CCC2C(=C)C(CC)CCC2C1. The van der Waals surface area contributed by atoms with Gasteiger partial charge < -0.3 is 0 Å². The van der Waals surface area contributed by atoms with Crippen molar-refractivity contribution >= 4 is 11.6 Å². The molecule has 0 amide bonds. The molecule has 2 fully saturated rings. The lowest BCUT2D eigenvalue weighted by Gasteiger charge is -2.43. The number of rotatable bonds is 2. The molecule has 0 heterocycles. The van der Waals surface area contributed by atoms with E-state index in [1.165, 1.54) is 44.1 Å². The molecule has 0 radical (unpaired) electrons. The predicted molar refractivity (Wildman–Crippen MR) is 71.5 cm³/mol. The highest BCUT2D eigenvalue weighted by Gasteiger charge is 2.37. The zero-order chi connectivity index (χ0) is 11.7. The summed E-state index contributed by atoms with van der Waals surface area (Å²) in [5.74, 6) is 2.97. The van der Waals surface area contributed by atoms with Crippen LogP contribution < -0.4 is 0 Å². The maximum absolute atomic E-state index is 6.06. The standard InChI is InChI=1S/C15H23Cl/c1-4-12-5-6-14-9-13(11(3)16)7-8-15(14)10(12)2/h12-15H,2-9H2,1H3. The highest BCUT2D eigenvalue weighted by molar-refractivity contribution is 6.29. The fourth-order valence-electron chi connectivity index (χ4n) is 3.73. The Morgan fingerprint density at radius 1 is 1.31 bits per heavy atom. The number of halogens is 1. The van der Waals surface area contributed by atoms with Gasteiger partial charge in [-0.25, -0.2) is 0 Å². The molecule has 1 heteroatoms. The second-order valence-electron chi connectivity index (χ2n) is 5.58. The first-order valence-corrected chi connectivity index (χ1v) is 7.04. The summed E-state index contributed by atoms with van der Waals surface area (Å²) in [6, 6.07) is 0. The summed E-state index contributed by atoms with van der Waals surface area (Å²) in [6.07, 6.45) is 7.76. The van der Waals surface area contributed by atoms with Crippen molar-refractivity contribution in [2.75, 3.05) is 0 Å². The second kappa shape index (κ2) is 4.96. The molecule has 0 N–H and O–H groups in total. The molecule has 0 aromatic carbocycles. The summed E-state index contributed by atoms with van der Waals surface area (Å²) < 4.78 is 0. The van der Waals surface area contributed by atoms with Gasteiger partial charge in [0.05, 0.1) is 0 Å². The smallest absolute Gasteiger partial charge is 0.0140 e. The van der Waals surface area contributed by atoms with Crippen molar-refractivity contribution < 1.29 is 0 Å². The molecular weight excluding hydrogens is 216 g/mol. The Balaban J connectivity index is 2.03. The van der Waals surface area contributed by atoms with Gasteiger partial charge in [0.1, 0.15) is 0 Å². The molecule has 0 aliphatic heterocycles. The summed E-state index contributed by atoms with van der Waals surface area (Å²) in [5, 5.41) is 0.877. The summed E-state index contributed by atoms with van der Waals surface area (Å²) in [5.41, 5.74) is 1.54. The first-order chi connectivity index (χ1) is 7.63. The quantitative estimate of drug-likeness (QED) is 0.584. The Labute approximate surface area is 105 Å². The van der Waals surface area contributed by atoms with E-state index in [0.717, 1.165) is 22.8 Å².